The van der Waals surface area contributed by atoms with E-state index >= 15 is 0 Å². The first-order valence-corrected chi connectivity index (χ1v) is 12.4. The van der Waals surface area contributed by atoms with Crippen molar-refractivity contribution in [1.82, 2.24) is 0 Å². The van der Waals surface area contributed by atoms with Crippen LogP contribution in [0.3, 0.4) is 0 Å². The van der Waals surface area contributed by atoms with Crippen LogP contribution < -0.4 is 9.47 Å². The van der Waals surface area contributed by atoms with Crippen molar-refractivity contribution >= 4 is 63.5 Å². The SMILES string of the molecule is CCOc1cc(/C=C2\N=C(c3cc([N+](=O)[O-])ccc3Cl)OC2=O)cc(I)c1OCc1cccc([N+](=O)[O-])c1. The average Bonchev–Trinajstić information content (AvgIpc) is 3.23. The Morgan fingerprint density at radius 3 is 2.50 bits per heavy atom. The second-order valence-electron chi connectivity index (χ2n) is 7.74. The van der Waals surface area contributed by atoms with Crippen molar-refractivity contribution in [3.05, 3.63) is 106 Å². The molecule has 0 bridgehead atoms. The van der Waals surface area contributed by atoms with Gasteiger partial charge in [0.05, 0.1) is 30.6 Å². The highest BCUT2D eigenvalue weighted by molar-refractivity contribution is 14.1. The van der Waals surface area contributed by atoms with Crippen molar-refractivity contribution < 1.29 is 28.9 Å². The van der Waals surface area contributed by atoms with Crippen molar-refractivity contribution in [1.29, 1.82) is 0 Å². The number of carbonyl (C=O) groups excluding carboxylic acids is 1. The first-order chi connectivity index (χ1) is 18.2. The molecule has 0 saturated heterocycles. The molecule has 3 aromatic rings. The number of aliphatic imine (C=N–C) groups is 1. The van der Waals surface area contributed by atoms with E-state index in [-0.39, 0.29) is 40.2 Å². The predicted octanol–water partition coefficient (Wildman–Crippen LogP) is 6.08. The van der Waals surface area contributed by atoms with Gasteiger partial charge in [0.1, 0.15) is 6.61 Å². The van der Waals surface area contributed by atoms with E-state index < -0.39 is 15.8 Å². The Bertz CT molecular complexity index is 1520. The Labute approximate surface area is 234 Å². The fourth-order valence-corrected chi connectivity index (χ4v) is 4.44. The second kappa shape index (κ2) is 11.6. The maximum absolute atomic E-state index is 12.5. The third kappa shape index (κ3) is 6.08. The molecular weight excluding hydrogens is 633 g/mol. The molecule has 0 N–H and O–H groups in total. The Morgan fingerprint density at radius 2 is 1.79 bits per heavy atom. The highest BCUT2D eigenvalue weighted by Crippen LogP contribution is 2.36. The monoisotopic (exact) mass is 649 g/mol. The van der Waals surface area contributed by atoms with Crippen molar-refractivity contribution in [2.75, 3.05) is 6.61 Å². The second-order valence-corrected chi connectivity index (χ2v) is 9.31. The number of halogens is 2. The highest BCUT2D eigenvalue weighted by atomic mass is 127. The third-order valence-electron chi connectivity index (χ3n) is 5.15. The van der Waals surface area contributed by atoms with Crippen molar-refractivity contribution in [3.8, 4) is 11.5 Å². The molecule has 3 aromatic carbocycles. The lowest BCUT2D eigenvalue weighted by Gasteiger charge is -2.15. The average molecular weight is 650 g/mol. The Balaban J connectivity index is 1.63. The lowest BCUT2D eigenvalue weighted by molar-refractivity contribution is -0.385. The first kappa shape index (κ1) is 27.0. The van der Waals surface area contributed by atoms with Gasteiger partial charge in [-0.1, -0.05) is 23.7 Å². The zero-order valence-corrected chi connectivity index (χ0v) is 22.5. The molecule has 0 aromatic heterocycles. The van der Waals surface area contributed by atoms with Gasteiger partial charge in [-0.3, -0.25) is 20.2 Å². The van der Waals surface area contributed by atoms with Crippen LogP contribution in [-0.2, 0) is 16.1 Å². The summed E-state index contributed by atoms with van der Waals surface area (Å²) in [5.74, 6) is -0.0650. The summed E-state index contributed by atoms with van der Waals surface area (Å²) in [6.45, 7) is 2.21. The summed E-state index contributed by atoms with van der Waals surface area (Å²) < 4.78 is 17.6. The summed E-state index contributed by atoms with van der Waals surface area (Å²) in [6, 6.07) is 13.3. The van der Waals surface area contributed by atoms with E-state index in [1.54, 1.807) is 31.2 Å². The third-order valence-corrected chi connectivity index (χ3v) is 6.28. The van der Waals surface area contributed by atoms with Gasteiger partial charge in [-0.2, -0.15) is 0 Å². The van der Waals surface area contributed by atoms with Gasteiger partial charge in [-0.25, -0.2) is 9.79 Å². The molecule has 1 aliphatic rings. The number of ether oxygens (including phenoxy) is 3. The van der Waals surface area contributed by atoms with Gasteiger partial charge < -0.3 is 14.2 Å². The summed E-state index contributed by atoms with van der Waals surface area (Å²) in [7, 11) is 0. The lowest BCUT2D eigenvalue weighted by atomic mass is 10.1. The van der Waals surface area contributed by atoms with Crippen LogP contribution in [0.15, 0.2) is 65.3 Å². The summed E-state index contributed by atoms with van der Waals surface area (Å²) in [6.07, 6.45) is 1.48. The number of carbonyl (C=O) groups is 1. The Hall–Kier alpha value is -4.04. The summed E-state index contributed by atoms with van der Waals surface area (Å²) in [5.41, 5.74) is 0.986. The molecular formula is C25H17ClIN3O8. The van der Waals surface area contributed by atoms with E-state index in [1.807, 2.05) is 0 Å². The highest BCUT2D eigenvalue weighted by Gasteiger charge is 2.27. The molecule has 0 radical (unpaired) electrons. The van der Waals surface area contributed by atoms with E-state index in [9.17, 15) is 25.0 Å². The molecule has 0 unspecified atom stereocenters. The summed E-state index contributed by atoms with van der Waals surface area (Å²) in [5, 5.41) is 22.3. The van der Waals surface area contributed by atoms with Crippen molar-refractivity contribution in [2.45, 2.75) is 13.5 Å². The smallest absolute Gasteiger partial charge is 0.363 e. The van der Waals surface area contributed by atoms with Gasteiger partial charge in [0.25, 0.3) is 11.4 Å². The van der Waals surface area contributed by atoms with Gasteiger partial charge in [0.15, 0.2) is 17.2 Å². The number of cyclic esters (lactones) is 1. The lowest BCUT2D eigenvalue weighted by Crippen LogP contribution is -2.06. The fourth-order valence-electron chi connectivity index (χ4n) is 3.46. The molecule has 38 heavy (non-hydrogen) atoms. The van der Waals surface area contributed by atoms with Gasteiger partial charge >= 0.3 is 5.97 Å². The maximum Gasteiger partial charge on any atom is 0.363 e. The van der Waals surface area contributed by atoms with E-state index in [2.05, 4.69) is 27.6 Å². The number of benzene rings is 3. The number of hydrogen-bond acceptors (Lipinski definition) is 9. The van der Waals surface area contributed by atoms with E-state index in [4.69, 9.17) is 25.8 Å². The van der Waals surface area contributed by atoms with Gasteiger partial charge in [-0.15, -0.1) is 0 Å². The number of hydrogen-bond donors (Lipinski definition) is 0. The van der Waals surface area contributed by atoms with Gasteiger partial charge in [-0.05, 0) is 64.9 Å². The van der Waals surface area contributed by atoms with Crippen molar-refractivity contribution in [3.63, 3.8) is 0 Å². The molecule has 11 nitrogen and oxygen atoms in total. The Morgan fingerprint density at radius 1 is 1.05 bits per heavy atom. The van der Waals surface area contributed by atoms with E-state index in [0.29, 0.717) is 32.8 Å². The van der Waals surface area contributed by atoms with Crippen LogP contribution in [0.4, 0.5) is 11.4 Å². The number of nitro benzene ring substituents is 2. The van der Waals surface area contributed by atoms with Crippen LogP contribution in [0.25, 0.3) is 6.08 Å². The topological polar surface area (TPSA) is 143 Å². The first-order valence-electron chi connectivity index (χ1n) is 11.0. The molecule has 0 aliphatic carbocycles. The van der Waals surface area contributed by atoms with Crippen LogP contribution in [0.2, 0.25) is 5.02 Å². The molecule has 4 rings (SSSR count). The minimum absolute atomic E-state index is 0.0360. The molecule has 0 atom stereocenters. The summed E-state index contributed by atoms with van der Waals surface area (Å²) in [4.78, 5) is 37.8. The van der Waals surface area contributed by atoms with Crippen LogP contribution in [-0.4, -0.2) is 28.3 Å². The summed E-state index contributed by atoms with van der Waals surface area (Å²) >= 11 is 8.20. The van der Waals surface area contributed by atoms with Gasteiger partial charge in [0, 0.05) is 24.3 Å². The molecule has 0 fully saturated rings. The Kier molecular flexibility index (Phi) is 8.22. The van der Waals surface area contributed by atoms with E-state index in [1.165, 1.54) is 36.4 Å². The predicted molar refractivity (Wildman–Crippen MR) is 146 cm³/mol. The van der Waals surface area contributed by atoms with Gasteiger partial charge in [0.2, 0.25) is 5.90 Å². The van der Waals surface area contributed by atoms with Crippen LogP contribution in [0.1, 0.15) is 23.6 Å². The standard InChI is InChI=1S/C25H17ClIN3O8/c1-2-36-22-11-15(9-20(27)23(22)37-13-14-4-3-5-16(8-14)29(32)33)10-21-25(31)38-24(28-21)18-12-17(30(34)35)6-7-19(18)26/h3-12H,2,13H2,1H3/b21-10-. The number of nitrogens with zero attached hydrogens (tertiary/aromatic N) is 3. The number of esters is 1. The zero-order chi connectivity index (χ0) is 27.4. The quantitative estimate of drug-likeness (QED) is 0.0892. The number of non-ortho nitro benzene ring substituents is 2. The number of nitro groups is 2. The van der Waals surface area contributed by atoms with Crippen molar-refractivity contribution in [2.24, 2.45) is 4.99 Å². The molecule has 1 aliphatic heterocycles. The molecule has 13 heteroatoms. The van der Waals surface area contributed by atoms with E-state index in [0.717, 1.165) is 0 Å². The molecule has 0 spiro atoms. The maximum atomic E-state index is 12.5. The number of rotatable bonds is 9. The van der Waals surface area contributed by atoms with Crippen LogP contribution >= 0.6 is 34.2 Å². The molecule has 0 saturated carbocycles. The van der Waals surface area contributed by atoms with Crippen LogP contribution in [0.5, 0.6) is 11.5 Å². The minimum atomic E-state index is -0.749. The molecule has 0 amide bonds. The fraction of sp³-hybridized carbons (Fsp3) is 0.120. The normalized spacial score (nSPS) is 13.7. The van der Waals surface area contributed by atoms with Crippen LogP contribution in [0, 0.1) is 23.8 Å². The zero-order valence-electron chi connectivity index (χ0n) is 19.6. The largest absolute Gasteiger partial charge is 0.490 e. The molecule has 194 valence electrons. The minimum Gasteiger partial charge on any atom is -0.490 e. The molecule has 1 heterocycles.